The quantitative estimate of drug-likeness (QED) is 0.741. The summed E-state index contributed by atoms with van der Waals surface area (Å²) >= 11 is 0. The summed E-state index contributed by atoms with van der Waals surface area (Å²) in [7, 11) is 0. The van der Waals surface area contributed by atoms with E-state index in [2.05, 4.69) is 31.4 Å². The molecule has 0 unspecified atom stereocenters. The number of rotatable bonds is 1. The molecule has 0 aliphatic carbocycles. The van der Waals surface area contributed by atoms with Gasteiger partial charge >= 0.3 is 6.09 Å². The fourth-order valence-corrected chi connectivity index (χ4v) is 1.98. The lowest BCUT2D eigenvalue weighted by molar-refractivity contribution is 0.0507. The fraction of sp³-hybridized carbons (Fsp3) is 0.923. The number of carbonyl (C=O) groups is 1. The standard InChI is InChI=1S/C13H26N2O2/c1-12(2,3)10-7-9(8-14-10)15-11(16)17-13(4,5)6/h9-10,14H,7-8H2,1-6H3,(H,15,16)/t9-,10+/m0/s1. The lowest BCUT2D eigenvalue weighted by Gasteiger charge is -2.27. The molecule has 0 saturated carbocycles. The molecule has 100 valence electrons. The number of ether oxygens (including phenoxy) is 1. The molecule has 4 nitrogen and oxygen atoms in total. The zero-order chi connectivity index (χ0) is 13.3. The van der Waals surface area contributed by atoms with Gasteiger partial charge in [-0.15, -0.1) is 0 Å². The van der Waals surface area contributed by atoms with Crippen molar-refractivity contribution < 1.29 is 9.53 Å². The molecule has 1 rings (SSSR count). The molecule has 4 heteroatoms. The molecule has 0 aromatic carbocycles. The minimum absolute atomic E-state index is 0.175. The Balaban J connectivity index is 2.38. The molecular weight excluding hydrogens is 216 g/mol. The van der Waals surface area contributed by atoms with Crippen molar-refractivity contribution in [3.05, 3.63) is 0 Å². The van der Waals surface area contributed by atoms with Crippen molar-refractivity contribution in [2.45, 2.75) is 65.6 Å². The number of amides is 1. The van der Waals surface area contributed by atoms with Crippen molar-refractivity contribution in [2.24, 2.45) is 5.41 Å². The molecule has 1 aliphatic rings. The van der Waals surface area contributed by atoms with Gasteiger partial charge in [0.2, 0.25) is 0 Å². The van der Waals surface area contributed by atoms with E-state index in [1.807, 2.05) is 20.8 Å². The van der Waals surface area contributed by atoms with Crippen molar-refractivity contribution in [3.8, 4) is 0 Å². The summed E-state index contributed by atoms with van der Waals surface area (Å²) < 4.78 is 5.24. The first-order valence-electron chi connectivity index (χ1n) is 6.31. The van der Waals surface area contributed by atoms with E-state index in [0.29, 0.717) is 6.04 Å². The number of hydrogen-bond acceptors (Lipinski definition) is 3. The maximum atomic E-state index is 11.6. The Hall–Kier alpha value is -0.770. The maximum absolute atomic E-state index is 11.6. The first kappa shape index (κ1) is 14.3. The van der Waals surface area contributed by atoms with Crippen LogP contribution in [0.25, 0.3) is 0 Å². The third-order valence-electron chi connectivity index (χ3n) is 2.90. The smallest absolute Gasteiger partial charge is 0.407 e. The van der Waals surface area contributed by atoms with E-state index in [4.69, 9.17) is 4.74 Å². The zero-order valence-corrected chi connectivity index (χ0v) is 11.9. The van der Waals surface area contributed by atoms with Gasteiger partial charge in [-0.2, -0.15) is 0 Å². The van der Waals surface area contributed by atoms with Gasteiger partial charge in [0.1, 0.15) is 5.60 Å². The molecule has 0 aromatic rings. The van der Waals surface area contributed by atoms with E-state index in [9.17, 15) is 4.79 Å². The Kier molecular flexibility index (Phi) is 4.07. The number of carbonyl (C=O) groups excluding carboxylic acids is 1. The Morgan fingerprint density at radius 1 is 1.24 bits per heavy atom. The summed E-state index contributed by atoms with van der Waals surface area (Å²) in [6.07, 6.45) is 0.641. The molecule has 2 atom stereocenters. The minimum atomic E-state index is -0.431. The SMILES string of the molecule is CC(C)(C)OC(=O)N[C@@H]1CN[C@@H](C(C)(C)C)C1. The van der Waals surface area contributed by atoms with Crippen LogP contribution in [0.4, 0.5) is 4.79 Å². The summed E-state index contributed by atoms with van der Waals surface area (Å²) in [4.78, 5) is 11.6. The Morgan fingerprint density at radius 3 is 2.24 bits per heavy atom. The van der Waals surface area contributed by atoms with Gasteiger partial charge in [0.05, 0.1) is 0 Å². The average Bonchev–Trinajstić information content (AvgIpc) is 2.47. The predicted molar refractivity (Wildman–Crippen MR) is 69.0 cm³/mol. The highest BCUT2D eigenvalue weighted by atomic mass is 16.6. The van der Waals surface area contributed by atoms with Crippen LogP contribution in [0.15, 0.2) is 0 Å². The maximum Gasteiger partial charge on any atom is 0.407 e. The van der Waals surface area contributed by atoms with E-state index in [1.54, 1.807) is 0 Å². The van der Waals surface area contributed by atoms with Gasteiger partial charge in [-0.25, -0.2) is 4.79 Å². The molecule has 2 N–H and O–H groups in total. The van der Waals surface area contributed by atoms with Gasteiger partial charge in [-0.3, -0.25) is 0 Å². The lowest BCUT2D eigenvalue weighted by atomic mass is 9.85. The van der Waals surface area contributed by atoms with Crippen LogP contribution in [0.5, 0.6) is 0 Å². The van der Waals surface area contributed by atoms with Crippen LogP contribution in [-0.2, 0) is 4.74 Å². The van der Waals surface area contributed by atoms with E-state index < -0.39 is 5.60 Å². The van der Waals surface area contributed by atoms with Crippen LogP contribution >= 0.6 is 0 Å². The molecule has 1 aliphatic heterocycles. The van der Waals surface area contributed by atoms with Crippen molar-refractivity contribution in [1.82, 2.24) is 10.6 Å². The highest BCUT2D eigenvalue weighted by Gasteiger charge is 2.33. The second-order valence-corrected chi connectivity index (χ2v) is 6.91. The topological polar surface area (TPSA) is 50.4 Å². The Labute approximate surface area is 104 Å². The van der Waals surface area contributed by atoms with Gasteiger partial charge in [0.25, 0.3) is 0 Å². The fourth-order valence-electron chi connectivity index (χ4n) is 1.98. The Bertz CT molecular complexity index is 276. The van der Waals surface area contributed by atoms with Crippen LogP contribution in [0, 0.1) is 5.41 Å². The second kappa shape index (κ2) is 4.84. The largest absolute Gasteiger partial charge is 0.444 e. The predicted octanol–water partition coefficient (Wildman–Crippen LogP) is 2.29. The van der Waals surface area contributed by atoms with Gasteiger partial charge in [0.15, 0.2) is 0 Å². The van der Waals surface area contributed by atoms with E-state index in [0.717, 1.165) is 13.0 Å². The summed E-state index contributed by atoms with van der Waals surface area (Å²) in [5.74, 6) is 0. The minimum Gasteiger partial charge on any atom is -0.444 e. The molecule has 1 saturated heterocycles. The summed E-state index contributed by atoms with van der Waals surface area (Å²) in [6.45, 7) is 13.1. The van der Waals surface area contributed by atoms with E-state index in [-0.39, 0.29) is 17.6 Å². The third kappa shape index (κ3) is 4.94. The molecule has 1 amide bonds. The lowest BCUT2D eigenvalue weighted by Crippen LogP contribution is -2.40. The van der Waals surface area contributed by atoms with Crippen molar-refractivity contribution in [1.29, 1.82) is 0 Å². The highest BCUT2D eigenvalue weighted by molar-refractivity contribution is 5.68. The van der Waals surface area contributed by atoms with Crippen molar-refractivity contribution >= 4 is 6.09 Å². The normalized spacial score (nSPS) is 25.8. The molecule has 0 aromatic heterocycles. The van der Waals surface area contributed by atoms with Crippen molar-refractivity contribution in [2.75, 3.05) is 6.54 Å². The zero-order valence-electron chi connectivity index (χ0n) is 11.9. The molecule has 1 heterocycles. The number of hydrogen-bond donors (Lipinski definition) is 2. The molecule has 0 spiro atoms. The van der Waals surface area contributed by atoms with Gasteiger partial charge in [-0.1, -0.05) is 20.8 Å². The molecular formula is C13H26N2O2. The van der Waals surface area contributed by atoms with Crippen LogP contribution < -0.4 is 10.6 Å². The molecule has 17 heavy (non-hydrogen) atoms. The first-order chi connectivity index (χ1) is 7.58. The van der Waals surface area contributed by atoms with E-state index in [1.165, 1.54) is 0 Å². The third-order valence-corrected chi connectivity index (χ3v) is 2.90. The van der Waals surface area contributed by atoms with Crippen molar-refractivity contribution in [3.63, 3.8) is 0 Å². The first-order valence-corrected chi connectivity index (χ1v) is 6.31. The van der Waals surface area contributed by atoms with E-state index >= 15 is 0 Å². The highest BCUT2D eigenvalue weighted by Crippen LogP contribution is 2.26. The van der Waals surface area contributed by atoms with Gasteiger partial charge in [0, 0.05) is 18.6 Å². The molecule has 0 radical (unpaired) electrons. The molecule has 1 fully saturated rings. The van der Waals surface area contributed by atoms with Gasteiger partial charge in [-0.05, 0) is 32.6 Å². The summed E-state index contributed by atoms with van der Waals surface area (Å²) in [5, 5.41) is 6.36. The van der Waals surface area contributed by atoms with Gasteiger partial charge < -0.3 is 15.4 Å². The van der Waals surface area contributed by atoms with Crippen LogP contribution in [0.1, 0.15) is 48.0 Å². The molecule has 0 bridgehead atoms. The van der Waals surface area contributed by atoms with Crippen LogP contribution in [-0.4, -0.2) is 30.3 Å². The monoisotopic (exact) mass is 242 g/mol. The number of alkyl carbamates (subject to hydrolysis) is 1. The van der Waals surface area contributed by atoms with Crippen LogP contribution in [0.2, 0.25) is 0 Å². The number of nitrogens with one attached hydrogen (secondary N) is 2. The van der Waals surface area contributed by atoms with Crippen LogP contribution in [0.3, 0.4) is 0 Å². The summed E-state index contributed by atoms with van der Waals surface area (Å²) in [6, 6.07) is 0.622. The summed E-state index contributed by atoms with van der Waals surface area (Å²) in [5.41, 5.74) is -0.204. The average molecular weight is 242 g/mol. The Morgan fingerprint density at radius 2 is 1.82 bits per heavy atom. The second-order valence-electron chi connectivity index (χ2n) is 6.91.